The van der Waals surface area contributed by atoms with Gasteiger partial charge >= 0.3 is 0 Å². The van der Waals surface area contributed by atoms with Crippen molar-refractivity contribution in [2.24, 2.45) is 5.73 Å². The summed E-state index contributed by atoms with van der Waals surface area (Å²) < 4.78 is 22.1. The molecule has 204 valence electrons. The molecule has 11 heteroatoms. The summed E-state index contributed by atoms with van der Waals surface area (Å²) in [5.74, 6) is -0.709. The van der Waals surface area contributed by atoms with Gasteiger partial charge in [-0.3, -0.25) is 9.36 Å². The van der Waals surface area contributed by atoms with E-state index in [0.717, 1.165) is 50.3 Å². The molecule has 0 spiro atoms. The van der Waals surface area contributed by atoms with E-state index < -0.39 is 17.8 Å². The molecule has 4 aromatic rings. The van der Waals surface area contributed by atoms with Gasteiger partial charge in [-0.1, -0.05) is 13.0 Å². The minimum absolute atomic E-state index is 0.0329. The number of likely N-dealkylation sites (N-methyl/N-ethyl adjacent to an activating group) is 1. The number of hydrogen-bond donors (Lipinski definition) is 3. The molecule has 39 heavy (non-hydrogen) atoms. The first-order valence-electron chi connectivity index (χ1n) is 13.0. The van der Waals surface area contributed by atoms with Crippen molar-refractivity contribution in [1.29, 1.82) is 0 Å². The number of carbonyl (C=O) groups is 1. The molecule has 2 aromatic heterocycles. The number of benzene rings is 2. The number of anilines is 3. The van der Waals surface area contributed by atoms with E-state index in [1.54, 1.807) is 25.1 Å². The summed E-state index contributed by atoms with van der Waals surface area (Å²) in [5.41, 5.74) is 8.20. The monoisotopic (exact) mass is 533 g/mol. The van der Waals surface area contributed by atoms with Gasteiger partial charge in [0.25, 0.3) is 5.91 Å². The van der Waals surface area contributed by atoms with Gasteiger partial charge in [0, 0.05) is 49.1 Å². The lowest BCUT2D eigenvalue weighted by molar-refractivity contribution is 0.100. The Balaban J connectivity index is 1.44. The number of primary amides is 1. The van der Waals surface area contributed by atoms with Crippen molar-refractivity contribution >= 4 is 34.1 Å². The van der Waals surface area contributed by atoms with Crippen molar-refractivity contribution in [3.8, 4) is 11.6 Å². The van der Waals surface area contributed by atoms with Crippen molar-refractivity contribution in [2.75, 3.05) is 49.5 Å². The molecular formula is C28H32FN7O3. The number of rotatable bonds is 9. The fourth-order valence-corrected chi connectivity index (χ4v) is 4.71. The number of nitrogens with two attached hydrogens (primary N) is 1. The topological polar surface area (TPSA) is 122 Å². The van der Waals surface area contributed by atoms with Crippen LogP contribution in [0.25, 0.3) is 16.7 Å². The molecule has 1 aliphatic rings. The van der Waals surface area contributed by atoms with E-state index in [4.69, 9.17) is 10.5 Å². The lowest BCUT2D eigenvalue weighted by Crippen LogP contribution is -2.46. The lowest BCUT2D eigenvalue weighted by Gasteiger charge is -2.35. The van der Waals surface area contributed by atoms with Gasteiger partial charge in [-0.2, -0.15) is 4.98 Å². The van der Waals surface area contributed by atoms with Crippen LogP contribution in [0.1, 0.15) is 24.2 Å². The Morgan fingerprint density at radius 1 is 1.21 bits per heavy atom. The largest absolute Gasteiger partial charge is 0.491 e. The van der Waals surface area contributed by atoms with Crippen LogP contribution in [-0.4, -0.2) is 75.9 Å². The van der Waals surface area contributed by atoms with Crippen LogP contribution < -0.4 is 20.7 Å². The number of aromatic nitrogens is 3. The molecular weight excluding hydrogens is 501 g/mol. The molecule has 1 atom stereocenters. The number of hydrogen-bond acceptors (Lipinski definition) is 8. The summed E-state index contributed by atoms with van der Waals surface area (Å²) in [5, 5.41) is 13.2. The molecule has 5 rings (SSSR count). The van der Waals surface area contributed by atoms with Crippen molar-refractivity contribution < 1.29 is 19.0 Å². The summed E-state index contributed by atoms with van der Waals surface area (Å²) in [4.78, 5) is 25.5. The highest BCUT2D eigenvalue weighted by molar-refractivity contribution is 6.07. The highest BCUT2D eigenvalue weighted by Gasteiger charge is 2.20. The second kappa shape index (κ2) is 11.3. The molecule has 1 fully saturated rings. The zero-order valence-electron chi connectivity index (χ0n) is 22.0. The van der Waals surface area contributed by atoms with Gasteiger partial charge in [0.2, 0.25) is 5.95 Å². The molecule has 0 radical (unpaired) electrons. The third kappa shape index (κ3) is 5.79. The first kappa shape index (κ1) is 26.4. The predicted octanol–water partition coefficient (Wildman–Crippen LogP) is 3.30. The summed E-state index contributed by atoms with van der Waals surface area (Å²) >= 11 is 0. The Bertz CT molecular complexity index is 1480. The van der Waals surface area contributed by atoms with Gasteiger partial charge in [0.15, 0.2) is 11.6 Å². The number of amides is 1. The Kier molecular flexibility index (Phi) is 7.62. The summed E-state index contributed by atoms with van der Waals surface area (Å²) in [7, 11) is 0. The Morgan fingerprint density at radius 2 is 2.00 bits per heavy atom. The number of aliphatic hydroxyl groups excluding tert-OH is 1. The number of carbonyl (C=O) groups excluding carboxylic acids is 1. The summed E-state index contributed by atoms with van der Waals surface area (Å²) in [6.45, 7) is 8.85. The third-order valence-corrected chi connectivity index (χ3v) is 6.77. The molecule has 2 aromatic carbocycles. The van der Waals surface area contributed by atoms with Gasteiger partial charge < -0.3 is 30.7 Å². The number of ether oxygens (including phenoxy) is 1. The normalized spacial score (nSPS) is 14.9. The Hall–Kier alpha value is -4.22. The minimum atomic E-state index is -0.671. The molecule has 1 unspecified atom stereocenters. The summed E-state index contributed by atoms with van der Waals surface area (Å²) in [6.07, 6.45) is 1.89. The van der Waals surface area contributed by atoms with Crippen LogP contribution in [0.4, 0.5) is 21.7 Å². The standard InChI is InChI=1S/C28H32FN7O3/c1-3-34-9-11-35(12-10-34)20-6-4-5-19(13-20)32-28-31-15-24(29)27(33-28)36-16-23(26(30)38)22-14-21(7-8-25(22)36)39-17-18(2)37/h4-8,13-16,18,37H,3,9-12,17H2,1-2H3,(H2,30,38)(H,31,32,33). The Morgan fingerprint density at radius 3 is 2.72 bits per heavy atom. The number of nitrogens with one attached hydrogen (secondary N) is 1. The van der Waals surface area contributed by atoms with E-state index >= 15 is 4.39 Å². The number of piperazine rings is 1. The van der Waals surface area contributed by atoms with E-state index in [0.29, 0.717) is 16.7 Å². The van der Waals surface area contributed by atoms with E-state index in [1.165, 1.54) is 10.8 Å². The Labute approximate surface area is 225 Å². The lowest BCUT2D eigenvalue weighted by atomic mass is 10.1. The maximum atomic E-state index is 15.0. The molecule has 0 saturated carbocycles. The molecule has 10 nitrogen and oxygen atoms in total. The van der Waals surface area contributed by atoms with E-state index in [9.17, 15) is 9.90 Å². The van der Waals surface area contributed by atoms with E-state index in [2.05, 4.69) is 38.1 Å². The zero-order chi connectivity index (χ0) is 27.5. The first-order valence-corrected chi connectivity index (χ1v) is 13.0. The van der Waals surface area contributed by atoms with Crippen LogP contribution in [-0.2, 0) is 0 Å². The van der Waals surface area contributed by atoms with Crippen molar-refractivity contribution in [3.63, 3.8) is 0 Å². The van der Waals surface area contributed by atoms with Crippen LogP contribution in [0.15, 0.2) is 54.9 Å². The average Bonchev–Trinajstić information content (AvgIpc) is 3.32. The highest BCUT2D eigenvalue weighted by atomic mass is 19.1. The van der Waals surface area contributed by atoms with Crippen molar-refractivity contribution in [1.82, 2.24) is 19.4 Å². The number of halogens is 1. The third-order valence-electron chi connectivity index (χ3n) is 6.77. The van der Waals surface area contributed by atoms with Crippen molar-refractivity contribution in [2.45, 2.75) is 20.0 Å². The fraction of sp³-hybridized carbons (Fsp3) is 0.321. The van der Waals surface area contributed by atoms with E-state index in [-0.39, 0.29) is 23.9 Å². The zero-order valence-corrected chi connectivity index (χ0v) is 22.0. The second-order valence-electron chi connectivity index (χ2n) is 9.58. The second-order valence-corrected chi connectivity index (χ2v) is 9.58. The van der Waals surface area contributed by atoms with Gasteiger partial charge in [0.1, 0.15) is 12.4 Å². The molecule has 1 aliphatic heterocycles. The van der Waals surface area contributed by atoms with Crippen LogP contribution in [0.2, 0.25) is 0 Å². The molecule has 1 amide bonds. The molecule has 3 heterocycles. The SMILES string of the molecule is CCN1CCN(c2cccc(Nc3ncc(F)c(-n4cc(C(N)=O)c5cc(OCC(C)O)ccc54)n3)c2)CC1. The van der Waals surface area contributed by atoms with Gasteiger partial charge in [-0.05, 0) is 49.9 Å². The number of fused-ring (bicyclic) bond motifs is 1. The highest BCUT2D eigenvalue weighted by Crippen LogP contribution is 2.30. The predicted molar refractivity (Wildman–Crippen MR) is 149 cm³/mol. The maximum absolute atomic E-state index is 15.0. The first-order chi connectivity index (χ1) is 18.8. The molecule has 0 aliphatic carbocycles. The number of nitrogens with zero attached hydrogens (tertiary/aromatic N) is 5. The fourth-order valence-electron chi connectivity index (χ4n) is 4.71. The maximum Gasteiger partial charge on any atom is 0.250 e. The van der Waals surface area contributed by atoms with Crippen LogP contribution in [0.3, 0.4) is 0 Å². The quantitative estimate of drug-likeness (QED) is 0.300. The van der Waals surface area contributed by atoms with Gasteiger partial charge in [-0.25, -0.2) is 9.37 Å². The van der Waals surface area contributed by atoms with Crippen LogP contribution in [0.5, 0.6) is 5.75 Å². The van der Waals surface area contributed by atoms with Gasteiger partial charge in [-0.15, -0.1) is 0 Å². The van der Waals surface area contributed by atoms with Gasteiger partial charge in [0.05, 0.1) is 23.4 Å². The smallest absolute Gasteiger partial charge is 0.250 e. The molecule has 0 bridgehead atoms. The molecule has 4 N–H and O–H groups in total. The minimum Gasteiger partial charge on any atom is -0.491 e. The molecule has 1 saturated heterocycles. The average molecular weight is 534 g/mol. The van der Waals surface area contributed by atoms with Crippen molar-refractivity contribution in [3.05, 3.63) is 66.2 Å². The summed E-state index contributed by atoms with van der Waals surface area (Å²) in [6, 6.07) is 13.0. The van der Waals surface area contributed by atoms with Crippen LogP contribution >= 0.6 is 0 Å². The van der Waals surface area contributed by atoms with E-state index in [1.807, 2.05) is 18.2 Å². The number of aliphatic hydroxyl groups is 1. The van der Waals surface area contributed by atoms with Crippen LogP contribution in [0, 0.1) is 5.82 Å².